The third-order valence-electron chi connectivity index (χ3n) is 4.04. The molecule has 2 aromatic heterocycles. The lowest BCUT2D eigenvalue weighted by atomic mass is 10.0. The van der Waals surface area contributed by atoms with Gasteiger partial charge >= 0.3 is 5.69 Å². The van der Waals surface area contributed by atoms with Crippen molar-refractivity contribution >= 4 is 16.9 Å². The van der Waals surface area contributed by atoms with E-state index in [-0.39, 0.29) is 17.6 Å². The van der Waals surface area contributed by atoms with Gasteiger partial charge in [-0.15, -0.1) is 0 Å². The SMILES string of the molecule is CN(C)CCC(NC(=O)c1ccc2[nH]c(=O)[nH]c2c1)c1cccnc1. The molecule has 1 amide bonds. The number of aromatic nitrogens is 3. The Morgan fingerprint density at radius 1 is 1.24 bits per heavy atom. The number of hydrogen-bond donors (Lipinski definition) is 3. The van der Waals surface area contributed by atoms with Crippen LogP contribution >= 0.6 is 0 Å². The van der Waals surface area contributed by atoms with Gasteiger partial charge in [-0.05, 0) is 56.9 Å². The molecule has 0 saturated carbocycles. The van der Waals surface area contributed by atoms with Crippen LogP contribution in [0.4, 0.5) is 0 Å². The summed E-state index contributed by atoms with van der Waals surface area (Å²) in [6, 6.07) is 8.79. The number of nitrogens with zero attached hydrogens (tertiary/aromatic N) is 2. The van der Waals surface area contributed by atoms with Crippen LogP contribution in [0.2, 0.25) is 0 Å². The number of nitrogens with one attached hydrogen (secondary N) is 3. The molecular weight excluding hydrogens is 318 g/mol. The highest BCUT2D eigenvalue weighted by Crippen LogP contribution is 2.18. The van der Waals surface area contributed by atoms with E-state index in [1.807, 2.05) is 26.2 Å². The molecule has 2 heterocycles. The molecule has 0 aliphatic carbocycles. The van der Waals surface area contributed by atoms with Crippen LogP contribution in [-0.2, 0) is 0 Å². The number of hydrogen-bond acceptors (Lipinski definition) is 4. The van der Waals surface area contributed by atoms with Crippen LogP contribution in [0.1, 0.15) is 28.4 Å². The molecule has 0 aliphatic heterocycles. The number of aromatic amines is 2. The van der Waals surface area contributed by atoms with Crippen molar-refractivity contribution in [2.75, 3.05) is 20.6 Å². The third-order valence-corrected chi connectivity index (χ3v) is 4.04. The summed E-state index contributed by atoms with van der Waals surface area (Å²) in [5, 5.41) is 3.07. The van der Waals surface area contributed by atoms with Crippen LogP contribution in [0.5, 0.6) is 0 Å². The van der Waals surface area contributed by atoms with E-state index in [0.717, 1.165) is 18.5 Å². The minimum absolute atomic E-state index is 0.135. The Kier molecular flexibility index (Phi) is 4.95. The number of fused-ring (bicyclic) bond motifs is 1. The maximum Gasteiger partial charge on any atom is 0.323 e. The fourth-order valence-corrected chi connectivity index (χ4v) is 2.71. The molecular formula is C18H21N5O2. The lowest BCUT2D eigenvalue weighted by Gasteiger charge is -2.21. The van der Waals surface area contributed by atoms with Crippen LogP contribution in [-0.4, -0.2) is 46.4 Å². The molecule has 130 valence electrons. The summed E-state index contributed by atoms with van der Waals surface area (Å²) in [6.45, 7) is 0.837. The summed E-state index contributed by atoms with van der Waals surface area (Å²) in [5.74, 6) is -0.184. The van der Waals surface area contributed by atoms with E-state index in [1.165, 1.54) is 0 Å². The van der Waals surface area contributed by atoms with Gasteiger partial charge in [0.15, 0.2) is 0 Å². The van der Waals surface area contributed by atoms with Gasteiger partial charge in [-0.25, -0.2) is 4.79 Å². The van der Waals surface area contributed by atoms with E-state index in [1.54, 1.807) is 30.6 Å². The molecule has 0 aliphatic rings. The summed E-state index contributed by atoms with van der Waals surface area (Å²) in [4.78, 5) is 35.6. The Labute approximate surface area is 145 Å². The second-order valence-corrected chi connectivity index (χ2v) is 6.24. The second kappa shape index (κ2) is 7.31. The zero-order valence-corrected chi connectivity index (χ0v) is 14.2. The summed E-state index contributed by atoms with van der Waals surface area (Å²) in [6.07, 6.45) is 4.26. The van der Waals surface area contributed by atoms with Crippen LogP contribution in [0, 0.1) is 0 Å². The minimum atomic E-state index is -0.285. The summed E-state index contributed by atoms with van der Waals surface area (Å²) in [5.41, 5.74) is 2.48. The summed E-state index contributed by atoms with van der Waals surface area (Å²) in [7, 11) is 4.00. The molecule has 0 spiro atoms. The number of amides is 1. The van der Waals surface area contributed by atoms with E-state index in [9.17, 15) is 9.59 Å². The van der Waals surface area contributed by atoms with E-state index in [0.29, 0.717) is 16.6 Å². The minimum Gasteiger partial charge on any atom is -0.345 e. The maximum atomic E-state index is 12.7. The summed E-state index contributed by atoms with van der Waals surface area (Å²) >= 11 is 0. The highest BCUT2D eigenvalue weighted by atomic mass is 16.2. The summed E-state index contributed by atoms with van der Waals surface area (Å²) < 4.78 is 0. The lowest BCUT2D eigenvalue weighted by Crippen LogP contribution is -2.31. The smallest absolute Gasteiger partial charge is 0.323 e. The lowest BCUT2D eigenvalue weighted by molar-refractivity contribution is 0.0933. The number of benzene rings is 1. The van der Waals surface area contributed by atoms with Gasteiger partial charge in [0, 0.05) is 18.0 Å². The van der Waals surface area contributed by atoms with Gasteiger partial charge in [0.2, 0.25) is 0 Å². The quantitative estimate of drug-likeness (QED) is 0.637. The predicted molar refractivity (Wildman–Crippen MR) is 96.5 cm³/mol. The van der Waals surface area contributed by atoms with Gasteiger partial charge in [-0.3, -0.25) is 9.78 Å². The molecule has 0 saturated heterocycles. The van der Waals surface area contributed by atoms with Crippen LogP contribution in [0.25, 0.3) is 11.0 Å². The first-order valence-corrected chi connectivity index (χ1v) is 8.10. The third kappa shape index (κ3) is 4.13. The van der Waals surface area contributed by atoms with E-state index < -0.39 is 0 Å². The largest absolute Gasteiger partial charge is 0.345 e. The topological polar surface area (TPSA) is 93.9 Å². The van der Waals surface area contributed by atoms with Crippen LogP contribution < -0.4 is 11.0 Å². The molecule has 3 N–H and O–H groups in total. The van der Waals surface area contributed by atoms with Gasteiger partial charge in [0.25, 0.3) is 5.91 Å². The van der Waals surface area contributed by atoms with E-state index in [4.69, 9.17) is 0 Å². The molecule has 0 radical (unpaired) electrons. The Balaban J connectivity index is 1.81. The highest BCUT2D eigenvalue weighted by molar-refractivity contribution is 5.97. The van der Waals surface area contributed by atoms with Crippen molar-refractivity contribution in [1.82, 2.24) is 25.2 Å². The second-order valence-electron chi connectivity index (χ2n) is 6.24. The van der Waals surface area contributed by atoms with Crippen LogP contribution in [0.3, 0.4) is 0 Å². The fourth-order valence-electron chi connectivity index (χ4n) is 2.71. The monoisotopic (exact) mass is 339 g/mol. The Hall–Kier alpha value is -2.93. The first-order valence-electron chi connectivity index (χ1n) is 8.10. The van der Waals surface area contributed by atoms with E-state index in [2.05, 4.69) is 25.2 Å². The standard InChI is InChI=1S/C18H21N5O2/c1-23(2)9-7-14(13-4-3-8-19-11-13)20-17(24)12-5-6-15-16(10-12)22-18(25)21-15/h3-6,8,10-11,14H,7,9H2,1-2H3,(H,20,24)(H2,21,22,25). The van der Waals surface area contributed by atoms with Gasteiger partial charge in [-0.2, -0.15) is 0 Å². The molecule has 7 heteroatoms. The van der Waals surface area contributed by atoms with Gasteiger partial charge in [0.1, 0.15) is 0 Å². The number of imidazole rings is 1. The van der Waals surface area contributed by atoms with Crippen molar-refractivity contribution in [1.29, 1.82) is 0 Å². The van der Waals surface area contributed by atoms with Gasteiger partial charge in [0.05, 0.1) is 17.1 Å². The molecule has 0 bridgehead atoms. The number of rotatable bonds is 6. The highest BCUT2D eigenvalue weighted by Gasteiger charge is 2.17. The Morgan fingerprint density at radius 2 is 2.04 bits per heavy atom. The number of pyridine rings is 1. The molecule has 1 aromatic carbocycles. The number of carbonyl (C=O) groups excluding carboxylic acids is 1. The normalized spacial score (nSPS) is 12.4. The average molecular weight is 339 g/mol. The van der Waals surface area contributed by atoms with Gasteiger partial charge < -0.3 is 20.2 Å². The zero-order chi connectivity index (χ0) is 17.8. The molecule has 7 nitrogen and oxygen atoms in total. The van der Waals surface area contributed by atoms with Crippen molar-refractivity contribution in [3.8, 4) is 0 Å². The first kappa shape index (κ1) is 16.9. The molecule has 25 heavy (non-hydrogen) atoms. The maximum absolute atomic E-state index is 12.7. The molecule has 1 unspecified atom stereocenters. The molecule has 3 rings (SSSR count). The van der Waals surface area contributed by atoms with Crippen LogP contribution in [0.15, 0.2) is 47.5 Å². The first-order chi connectivity index (χ1) is 12.0. The number of carbonyl (C=O) groups is 1. The zero-order valence-electron chi connectivity index (χ0n) is 14.2. The van der Waals surface area contributed by atoms with Crippen molar-refractivity contribution in [3.05, 3.63) is 64.3 Å². The Morgan fingerprint density at radius 3 is 2.76 bits per heavy atom. The Bertz CT molecular complexity index is 914. The van der Waals surface area contributed by atoms with E-state index >= 15 is 0 Å². The molecule has 1 atom stereocenters. The molecule has 3 aromatic rings. The number of H-pyrrole nitrogens is 2. The van der Waals surface area contributed by atoms with Crippen molar-refractivity contribution in [3.63, 3.8) is 0 Å². The predicted octanol–water partition coefficient (Wildman–Crippen LogP) is 1.67. The average Bonchev–Trinajstić information content (AvgIpc) is 2.98. The fraction of sp³-hybridized carbons (Fsp3) is 0.278. The van der Waals surface area contributed by atoms with Crippen molar-refractivity contribution < 1.29 is 4.79 Å². The van der Waals surface area contributed by atoms with Crippen molar-refractivity contribution in [2.45, 2.75) is 12.5 Å². The van der Waals surface area contributed by atoms with Gasteiger partial charge in [-0.1, -0.05) is 6.07 Å². The molecule has 0 fully saturated rings. The van der Waals surface area contributed by atoms with Crippen molar-refractivity contribution in [2.24, 2.45) is 0 Å².